The Morgan fingerprint density at radius 1 is 0.897 bits per heavy atom. The van der Waals surface area contributed by atoms with Crippen LogP contribution in [0, 0.1) is 6.92 Å². The van der Waals surface area contributed by atoms with Crippen LogP contribution in [0.2, 0.25) is 0 Å². The lowest BCUT2D eigenvalue weighted by molar-refractivity contribution is 0.0683. The number of nitrogens with zero attached hydrogens (tertiary/aromatic N) is 1. The first-order valence-electron chi connectivity index (χ1n) is 9.09. The van der Waals surface area contributed by atoms with Gasteiger partial charge in [-0.15, -0.1) is 11.8 Å². The summed E-state index contributed by atoms with van der Waals surface area (Å²) < 4.78 is 0. The molecule has 1 N–H and O–H groups in total. The molecule has 5 nitrogen and oxygen atoms in total. The molecule has 0 radical (unpaired) electrons. The van der Waals surface area contributed by atoms with Gasteiger partial charge in [0, 0.05) is 16.1 Å². The summed E-state index contributed by atoms with van der Waals surface area (Å²) in [5.74, 6) is -0.457. The third kappa shape index (κ3) is 3.93. The Morgan fingerprint density at radius 3 is 2.17 bits per heavy atom. The van der Waals surface area contributed by atoms with E-state index in [9.17, 15) is 14.4 Å². The van der Waals surface area contributed by atoms with Gasteiger partial charge in [-0.3, -0.25) is 19.3 Å². The molecule has 3 aromatic rings. The van der Waals surface area contributed by atoms with Crippen molar-refractivity contribution >= 4 is 35.2 Å². The normalized spacial score (nSPS) is 12.8. The summed E-state index contributed by atoms with van der Waals surface area (Å²) in [5.41, 5.74) is 3.22. The minimum absolute atomic E-state index is 0.167. The van der Waals surface area contributed by atoms with Gasteiger partial charge in [0.1, 0.15) is 0 Å². The standard InChI is InChI=1S/C23H18N2O3S/c1-15-5-4-6-16(13-15)21(26)24-17-9-11-18(12-10-17)29-14-25-22(27)19-7-2-3-8-20(19)23(25)28/h2-13H,14H2,1H3,(H,24,26). The van der Waals surface area contributed by atoms with Gasteiger partial charge < -0.3 is 5.32 Å². The number of fused-ring (bicyclic) bond motifs is 1. The Morgan fingerprint density at radius 2 is 1.55 bits per heavy atom. The van der Waals surface area contributed by atoms with E-state index in [1.165, 1.54) is 16.7 Å². The second-order valence-corrected chi connectivity index (χ2v) is 7.72. The number of nitrogens with one attached hydrogen (secondary N) is 1. The predicted octanol–water partition coefficient (Wildman–Crippen LogP) is 4.59. The van der Waals surface area contributed by atoms with Gasteiger partial charge in [-0.25, -0.2) is 0 Å². The van der Waals surface area contributed by atoms with Crippen molar-refractivity contribution in [2.24, 2.45) is 0 Å². The van der Waals surface area contributed by atoms with Crippen LogP contribution < -0.4 is 5.32 Å². The molecular formula is C23H18N2O3S. The van der Waals surface area contributed by atoms with Crippen LogP contribution in [0.3, 0.4) is 0 Å². The summed E-state index contributed by atoms with van der Waals surface area (Å²) in [7, 11) is 0. The molecular weight excluding hydrogens is 384 g/mol. The molecule has 6 heteroatoms. The fourth-order valence-corrected chi connectivity index (χ4v) is 3.96. The van der Waals surface area contributed by atoms with E-state index >= 15 is 0 Å². The Bertz CT molecular complexity index is 1070. The molecule has 1 heterocycles. The van der Waals surface area contributed by atoms with Gasteiger partial charge in [0.05, 0.1) is 17.0 Å². The van der Waals surface area contributed by atoms with E-state index in [2.05, 4.69) is 5.32 Å². The first kappa shape index (κ1) is 19.0. The highest BCUT2D eigenvalue weighted by atomic mass is 32.2. The van der Waals surface area contributed by atoms with E-state index in [1.54, 1.807) is 42.5 Å². The molecule has 144 valence electrons. The Labute approximate surface area is 172 Å². The molecule has 29 heavy (non-hydrogen) atoms. The highest BCUT2D eigenvalue weighted by Crippen LogP contribution is 2.27. The van der Waals surface area contributed by atoms with Crippen LogP contribution in [-0.2, 0) is 0 Å². The van der Waals surface area contributed by atoms with E-state index in [4.69, 9.17) is 0 Å². The number of carbonyl (C=O) groups excluding carboxylic acids is 3. The molecule has 3 amide bonds. The Hall–Kier alpha value is -3.38. The van der Waals surface area contributed by atoms with Gasteiger partial charge >= 0.3 is 0 Å². The summed E-state index contributed by atoms with van der Waals surface area (Å²) in [6.45, 7) is 1.94. The van der Waals surface area contributed by atoms with E-state index in [0.717, 1.165) is 10.5 Å². The molecule has 0 unspecified atom stereocenters. The largest absolute Gasteiger partial charge is 0.322 e. The van der Waals surface area contributed by atoms with E-state index in [0.29, 0.717) is 22.4 Å². The van der Waals surface area contributed by atoms with Crippen molar-refractivity contribution in [3.63, 3.8) is 0 Å². The maximum Gasteiger partial charge on any atom is 0.262 e. The topological polar surface area (TPSA) is 66.5 Å². The van der Waals surface area contributed by atoms with Crippen LogP contribution in [0.15, 0.2) is 77.7 Å². The van der Waals surface area contributed by atoms with Crippen LogP contribution in [0.25, 0.3) is 0 Å². The van der Waals surface area contributed by atoms with Crippen LogP contribution in [0.4, 0.5) is 5.69 Å². The fourth-order valence-electron chi connectivity index (χ4n) is 3.12. The molecule has 0 aliphatic carbocycles. The lowest BCUT2D eigenvalue weighted by Crippen LogP contribution is -2.29. The van der Waals surface area contributed by atoms with Gasteiger partial charge in [-0.1, -0.05) is 29.8 Å². The van der Waals surface area contributed by atoms with Crippen molar-refractivity contribution in [3.8, 4) is 0 Å². The molecule has 0 fully saturated rings. The zero-order valence-corrected chi connectivity index (χ0v) is 16.5. The molecule has 0 saturated carbocycles. The molecule has 0 bridgehead atoms. The molecule has 0 aromatic heterocycles. The highest BCUT2D eigenvalue weighted by Gasteiger charge is 2.34. The van der Waals surface area contributed by atoms with Gasteiger partial charge in [-0.2, -0.15) is 0 Å². The highest BCUT2D eigenvalue weighted by molar-refractivity contribution is 7.99. The monoisotopic (exact) mass is 402 g/mol. The molecule has 0 spiro atoms. The predicted molar refractivity (Wildman–Crippen MR) is 113 cm³/mol. The number of hydrogen-bond acceptors (Lipinski definition) is 4. The van der Waals surface area contributed by atoms with Crippen molar-refractivity contribution in [2.75, 3.05) is 11.2 Å². The minimum atomic E-state index is -0.264. The SMILES string of the molecule is Cc1cccc(C(=O)Nc2ccc(SCN3C(=O)c4ccccc4C3=O)cc2)c1. The molecule has 1 aliphatic rings. The summed E-state index contributed by atoms with van der Waals surface area (Å²) in [5, 5.41) is 2.87. The third-order valence-electron chi connectivity index (χ3n) is 4.63. The van der Waals surface area contributed by atoms with Crippen molar-refractivity contribution in [3.05, 3.63) is 95.1 Å². The van der Waals surface area contributed by atoms with E-state index < -0.39 is 0 Å². The summed E-state index contributed by atoms with van der Waals surface area (Å²) in [6.07, 6.45) is 0. The van der Waals surface area contributed by atoms with Crippen LogP contribution in [0.1, 0.15) is 36.6 Å². The lowest BCUT2D eigenvalue weighted by Gasteiger charge is -2.13. The maximum absolute atomic E-state index is 12.4. The van der Waals surface area contributed by atoms with E-state index in [-0.39, 0.29) is 23.6 Å². The maximum atomic E-state index is 12.4. The average molecular weight is 402 g/mol. The first-order chi connectivity index (χ1) is 14.0. The summed E-state index contributed by atoms with van der Waals surface area (Å²) in [4.78, 5) is 39.3. The second-order valence-electron chi connectivity index (χ2n) is 6.71. The lowest BCUT2D eigenvalue weighted by atomic mass is 10.1. The number of hydrogen-bond donors (Lipinski definition) is 1. The van der Waals surface area contributed by atoms with Gasteiger partial charge in [-0.05, 0) is 55.5 Å². The van der Waals surface area contributed by atoms with Crippen molar-refractivity contribution < 1.29 is 14.4 Å². The summed E-state index contributed by atoms with van der Waals surface area (Å²) in [6, 6.07) is 21.6. The van der Waals surface area contributed by atoms with Crippen LogP contribution in [0.5, 0.6) is 0 Å². The first-order valence-corrected chi connectivity index (χ1v) is 10.1. The van der Waals surface area contributed by atoms with E-state index in [1.807, 2.05) is 37.3 Å². The average Bonchev–Trinajstić information content (AvgIpc) is 2.98. The van der Waals surface area contributed by atoms with Crippen molar-refractivity contribution in [2.45, 2.75) is 11.8 Å². The molecule has 0 saturated heterocycles. The van der Waals surface area contributed by atoms with Gasteiger partial charge in [0.25, 0.3) is 17.7 Å². The third-order valence-corrected chi connectivity index (χ3v) is 5.62. The molecule has 1 aliphatic heterocycles. The zero-order chi connectivity index (χ0) is 20.4. The number of benzene rings is 3. The van der Waals surface area contributed by atoms with Crippen molar-refractivity contribution in [1.29, 1.82) is 0 Å². The van der Waals surface area contributed by atoms with Gasteiger partial charge in [0.15, 0.2) is 0 Å². The van der Waals surface area contributed by atoms with Crippen molar-refractivity contribution in [1.82, 2.24) is 4.90 Å². The number of rotatable bonds is 5. The number of amides is 3. The smallest absolute Gasteiger partial charge is 0.262 e. The number of imide groups is 1. The minimum Gasteiger partial charge on any atom is -0.322 e. The number of aryl methyl sites for hydroxylation is 1. The molecule has 3 aromatic carbocycles. The Balaban J connectivity index is 1.37. The van der Waals surface area contributed by atoms with Crippen LogP contribution >= 0.6 is 11.8 Å². The quantitative estimate of drug-likeness (QED) is 0.501. The second kappa shape index (κ2) is 7.93. The molecule has 4 rings (SSSR count). The number of anilines is 1. The summed E-state index contributed by atoms with van der Waals surface area (Å²) >= 11 is 1.39. The number of carbonyl (C=O) groups is 3. The Kier molecular flexibility index (Phi) is 5.18. The number of thioether (sulfide) groups is 1. The fraction of sp³-hybridized carbons (Fsp3) is 0.0870. The molecule has 0 atom stereocenters. The van der Waals surface area contributed by atoms with Gasteiger partial charge in [0.2, 0.25) is 0 Å². The van der Waals surface area contributed by atoms with Crippen LogP contribution in [-0.4, -0.2) is 28.5 Å². The zero-order valence-electron chi connectivity index (χ0n) is 15.7.